The lowest BCUT2D eigenvalue weighted by atomic mass is 9.84. The van der Waals surface area contributed by atoms with E-state index in [4.69, 9.17) is 5.73 Å². The van der Waals surface area contributed by atoms with Gasteiger partial charge in [0.15, 0.2) is 0 Å². The number of carbonyl (C=O) groups excluding carboxylic acids is 1. The monoisotopic (exact) mass is 289 g/mol. The van der Waals surface area contributed by atoms with Gasteiger partial charge in [-0.1, -0.05) is 18.3 Å². The minimum atomic E-state index is -0.0887. The van der Waals surface area contributed by atoms with Crippen molar-refractivity contribution in [3.63, 3.8) is 0 Å². The topological polar surface area (TPSA) is 68.0 Å². The number of carbonyl (C=O) groups is 1. The first-order valence-electron chi connectivity index (χ1n) is 6.66. The molecule has 1 amide bonds. The molecular weight excluding hydrogens is 270 g/mol. The lowest BCUT2D eigenvalue weighted by molar-refractivity contribution is 0.0943. The zero-order valence-corrected chi connectivity index (χ0v) is 12.4. The standard InChI is InChI=1S/C15H19N3OS/c1-20-15(5-3-6-15)11-18-14(19)13-8-12(4-2-7-16)9-17-10-13/h8-10H,3,5-7,11,16H2,1H3,(H,18,19). The number of nitrogens with one attached hydrogen (secondary N) is 1. The van der Waals surface area contributed by atoms with Crippen molar-refractivity contribution in [1.29, 1.82) is 0 Å². The van der Waals surface area contributed by atoms with E-state index in [1.165, 1.54) is 19.3 Å². The molecule has 20 heavy (non-hydrogen) atoms. The molecule has 2 rings (SSSR count). The van der Waals surface area contributed by atoms with Crippen LogP contribution in [0.2, 0.25) is 0 Å². The molecule has 0 radical (unpaired) electrons. The summed E-state index contributed by atoms with van der Waals surface area (Å²) in [4.78, 5) is 16.2. The first-order chi connectivity index (χ1) is 9.69. The Labute approximate surface area is 123 Å². The fraction of sp³-hybridized carbons (Fsp3) is 0.467. The van der Waals surface area contributed by atoms with Crippen molar-refractivity contribution in [2.24, 2.45) is 5.73 Å². The second kappa shape index (κ2) is 6.78. The fourth-order valence-corrected chi connectivity index (χ4v) is 3.07. The van der Waals surface area contributed by atoms with Gasteiger partial charge in [-0.25, -0.2) is 0 Å². The third-order valence-corrected chi connectivity index (χ3v) is 5.02. The third kappa shape index (κ3) is 3.53. The first-order valence-corrected chi connectivity index (χ1v) is 7.89. The van der Waals surface area contributed by atoms with Crippen LogP contribution in [0.5, 0.6) is 0 Å². The molecule has 0 unspecified atom stereocenters. The maximum Gasteiger partial charge on any atom is 0.252 e. The molecule has 0 bridgehead atoms. The van der Waals surface area contributed by atoms with Gasteiger partial charge in [0, 0.05) is 29.2 Å². The number of nitrogens with two attached hydrogens (primary N) is 1. The smallest absolute Gasteiger partial charge is 0.252 e. The Morgan fingerprint density at radius 3 is 2.95 bits per heavy atom. The molecule has 0 aromatic carbocycles. The Bertz CT molecular complexity index is 538. The lowest BCUT2D eigenvalue weighted by Crippen LogP contribution is -2.45. The summed E-state index contributed by atoms with van der Waals surface area (Å²) in [5.74, 6) is 5.55. The fourth-order valence-electron chi connectivity index (χ4n) is 2.15. The van der Waals surface area contributed by atoms with E-state index >= 15 is 0 Å². The van der Waals surface area contributed by atoms with Gasteiger partial charge in [0.1, 0.15) is 0 Å². The van der Waals surface area contributed by atoms with Gasteiger partial charge in [-0.15, -0.1) is 0 Å². The number of aromatic nitrogens is 1. The second-order valence-corrected chi connectivity index (χ2v) is 6.17. The highest BCUT2D eigenvalue weighted by Crippen LogP contribution is 2.42. The summed E-state index contributed by atoms with van der Waals surface area (Å²) in [5.41, 5.74) is 6.59. The van der Waals surface area contributed by atoms with Gasteiger partial charge < -0.3 is 11.1 Å². The molecule has 1 aromatic heterocycles. The maximum atomic E-state index is 12.1. The number of hydrogen-bond donors (Lipinski definition) is 2. The van der Waals surface area contributed by atoms with Crippen molar-refractivity contribution in [3.8, 4) is 11.8 Å². The Morgan fingerprint density at radius 1 is 1.55 bits per heavy atom. The Morgan fingerprint density at radius 2 is 2.35 bits per heavy atom. The highest BCUT2D eigenvalue weighted by atomic mass is 32.2. The molecule has 106 valence electrons. The highest BCUT2D eigenvalue weighted by Gasteiger charge is 2.36. The molecule has 1 aromatic rings. The molecule has 0 atom stereocenters. The van der Waals surface area contributed by atoms with Crippen LogP contribution in [-0.4, -0.2) is 35.0 Å². The molecule has 1 saturated carbocycles. The van der Waals surface area contributed by atoms with Crippen molar-refractivity contribution < 1.29 is 4.79 Å². The summed E-state index contributed by atoms with van der Waals surface area (Å²) in [6.07, 6.45) is 8.91. The van der Waals surface area contributed by atoms with Crippen molar-refractivity contribution in [3.05, 3.63) is 29.6 Å². The van der Waals surface area contributed by atoms with Crippen molar-refractivity contribution in [2.45, 2.75) is 24.0 Å². The minimum absolute atomic E-state index is 0.0887. The Balaban J connectivity index is 1.98. The molecule has 4 nitrogen and oxygen atoms in total. The zero-order valence-electron chi connectivity index (χ0n) is 11.6. The van der Waals surface area contributed by atoms with E-state index < -0.39 is 0 Å². The molecule has 1 aliphatic rings. The van der Waals surface area contributed by atoms with E-state index in [1.807, 2.05) is 11.8 Å². The lowest BCUT2D eigenvalue weighted by Gasteiger charge is -2.40. The number of pyridine rings is 1. The van der Waals surface area contributed by atoms with Crippen LogP contribution in [0.25, 0.3) is 0 Å². The van der Waals surface area contributed by atoms with E-state index in [9.17, 15) is 4.79 Å². The molecule has 1 heterocycles. The Kier molecular flexibility index (Phi) is 5.05. The average molecular weight is 289 g/mol. The van der Waals surface area contributed by atoms with Gasteiger partial charge in [0.25, 0.3) is 5.91 Å². The quantitative estimate of drug-likeness (QED) is 0.822. The number of hydrogen-bond acceptors (Lipinski definition) is 4. The minimum Gasteiger partial charge on any atom is -0.351 e. The van der Waals surface area contributed by atoms with E-state index in [0.29, 0.717) is 24.2 Å². The summed E-state index contributed by atoms with van der Waals surface area (Å²) >= 11 is 1.84. The molecule has 3 N–H and O–H groups in total. The van der Waals surface area contributed by atoms with Crippen LogP contribution >= 0.6 is 11.8 Å². The van der Waals surface area contributed by atoms with Crippen molar-refractivity contribution >= 4 is 17.7 Å². The van der Waals surface area contributed by atoms with E-state index in [2.05, 4.69) is 28.4 Å². The number of nitrogens with zero attached hydrogens (tertiary/aromatic N) is 1. The number of rotatable bonds is 4. The zero-order chi connectivity index (χ0) is 14.4. The normalized spacial score (nSPS) is 15.7. The maximum absolute atomic E-state index is 12.1. The van der Waals surface area contributed by atoms with Crippen LogP contribution in [0.15, 0.2) is 18.5 Å². The summed E-state index contributed by atoms with van der Waals surface area (Å²) in [6.45, 7) is 1.01. The van der Waals surface area contributed by atoms with Gasteiger partial charge in [-0.3, -0.25) is 9.78 Å². The van der Waals surface area contributed by atoms with Crippen molar-refractivity contribution in [1.82, 2.24) is 10.3 Å². The van der Waals surface area contributed by atoms with Gasteiger partial charge >= 0.3 is 0 Å². The summed E-state index contributed by atoms with van der Waals surface area (Å²) in [5, 5.41) is 3.00. The highest BCUT2D eigenvalue weighted by molar-refractivity contribution is 8.00. The second-order valence-electron chi connectivity index (χ2n) is 4.89. The molecule has 1 aliphatic carbocycles. The summed E-state index contributed by atoms with van der Waals surface area (Å²) in [6, 6.07) is 1.75. The van der Waals surface area contributed by atoms with Gasteiger partial charge in [0.05, 0.1) is 12.1 Å². The third-order valence-electron chi connectivity index (χ3n) is 3.60. The molecule has 0 aliphatic heterocycles. The van der Waals surface area contributed by atoms with Crippen LogP contribution in [0, 0.1) is 11.8 Å². The predicted octanol–water partition coefficient (Wildman–Crippen LogP) is 1.41. The van der Waals surface area contributed by atoms with Crippen LogP contribution in [-0.2, 0) is 0 Å². The van der Waals surface area contributed by atoms with Gasteiger partial charge in [-0.05, 0) is 25.2 Å². The van der Waals surface area contributed by atoms with E-state index in [1.54, 1.807) is 18.5 Å². The molecular formula is C15H19N3OS. The van der Waals surface area contributed by atoms with Gasteiger partial charge in [0.2, 0.25) is 0 Å². The molecule has 5 heteroatoms. The summed E-state index contributed by atoms with van der Waals surface area (Å²) in [7, 11) is 0. The molecule has 0 saturated heterocycles. The predicted molar refractivity (Wildman–Crippen MR) is 82.6 cm³/mol. The SMILES string of the molecule is CSC1(CNC(=O)c2cncc(C#CCN)c2)CCC1. The van der Waals surface area contributed by atoms with Crippen molar-refractivity contribution in [2.75, 3.05) is 19.3 Å². The van der Waals surface area contributed by atoms with Crippen LogP contribution in [0.1, 0.15) is 35.2 Å². The van der Waals surface area contributed by atoms with Crippen LogP contribution in [0.3, 0.4) is 0 Å². The van der Waals surface area contributed by atoms with E-state index in [-0.39, 0.29) is 10.7 Å². The van der Waals surface area contributed by atoms with E-state index in [0.717, 1.165) is 0 Å². The number of amides is 1. The van der Waals surface area contributed by atoms with Gasteiger partial charge in [-0.2, -0.15) is 11.8 Å². The summed E-state index contributed by atoms with van der Waals surface area (Å²) < 4.78 is 0.236. The Hall–Kier alpha value is -1.51. The largest absolute Gasteiger partial charge is 0.351 e. The molecule has 1 fully saturated rings. The number of thioether (sulfide) groups is 1. The molecule has 0 spiro atoms. The van der Waals surface area contributed by atoms with Crippen LogP contribution < -0.4 is 11.1 Å². The van der Waals surface area contributed by atoms with Crippen LogP contribution in [0.4, 0.5) is 0 Å². The average Bonchev–Trinajstić information content (AvgIpc) is 2.44. The first kappa shape index (κ1) is 14.9.